The summed E-state index contributed by atoms with van der Waals surface area (Å²) in [6, 6.07) is 95.7. The van der Waals surface area contributed by atoms with Gasteiger partial charge in [0, 0.05) is 72.6 Å². The molecule has 18 rings (SSSR count). The van der Waals surface area contributed by atoms with Gasteiger partial charge in [0.15, 0.2) is 0 Å². The Morgan fingerprint density at radius 3 is 1.24 bits per heavy atom. The van der Waals surface area contributed by atoms with Crippen LogP contribution in [0.15, 0.2) is 267 Å². The molecule has 0 spiro atoms. The molecule has 0 bridgehead atoms. The maximum atomic E-state index is 11.0. The van der Waals surface area contributed by atoms with Crippen molar-refractivity contribution in [1.29, 1.82) is 0 Å². The number of hydrogen-bond donors (Lipinski definition) is 0. The van der Waals surface area contributed by atoms with E-state index in [0.717, 1.165) is 123 Å². The van der Waals surface area contributed by atoms with E-state index >= 15 is 0 Å². The summed E-state index contributed by atoms with van der Waals surface area (Å²) in [7, 11) is 0. The Balaban J connectivity index is 0.970. The Kier molecular flexibility index (Phi) is 14.7. The number of aromatic nitrogens is 2. The van der Waals surface area contributed by atoms with Gasteiger partial charge >= 0.3 is 0 Å². The number of para-hydroxylation sites is 2. The lowest BCUT2D eigenvalue weighted by atomic mass is 9.34. The summed E-state index contributed by atoms with van der Waals surface area (Å²) in [6.07, 6.45) is 0. The van der Waals surface area contributed by atoms with E-state index < -0.39 is 10.8 Å². The molecule has 15 aromatic rings. The van der Waals surface area contributed by atoms with Crippen LogP contribution in [0.2, 0.25) is 0 Å². The highest BCUT2D eigenvalue weighted by molar-refractivity contribution is 6.99. The molecule has 5 heterocycles. The smallest absolute Gasteiger partial charge is 0.256 e. The molecule has 107 heavy (non-hydrogen) atoms. The summed E-state index contributed by atoms with van der Waals surface area (Å²) in [5.41, 5.74) is 28.0. The second-order valence-corrected chi connectivity index (χ2v) is 36.1. The van der Waals surface area contributed by atoms with Crippen molar-refractivity contribution in [3.05, 3.63) is 306 Å². The number of ether oxygens (including phenoxy) is 1. The largest absolute Gasteiger partial charge is 0.458 e. The van der Waals surface area contributed by atoms with Gasteiger partial charge in [-0.2, -0.15) is 0 Å². The normalized spacial score (nSPS) is 14.4. The van der Waals surface area contributed by atoms with Crippen LogP contribution in [-0.4, -0.2) is 15.8 Å². The molecule has 0 N–H and O–H groups in total. The highest BCUT2D eigenvalue weighted by atomic mass is 16.5. The van der Waals surface area contributed by atoms with E-state index in [1.165, 1.54) is 60.6 Å². The van der Waals surface area contributed by atoms with Gasteiger partial charge in [0.05, 0.1) is 41.9 Å². The molecule has 0 saturated heterocycles. The van der Waals surface area contributed by atoms with Gasteiger partial charge in [-0.05, 0) is 226 Å². The molecule has 0 fully saturated rings. The summed E-state index contributed by atoms with van der Waals surface area (Å²) >= 11 is 0. The van der Waals surface area contributed by atoms with E-state index in [9.17, 15) is 2.74 Å². The fourth-order valence-corrected chi connectivity index (χ4v) is 17.4. The number of fused-ring (bicyclic) bond motifs is 12. The van der Waals surface area contributed by atoms with Gasteiger partial charge in [-0.15, -0.1) is 0 Å². The lowest BCUT2D eigenvalue weighted by Crippen LogP contribution is -2.59. The molecule has 0 unspecified atom stereocenters. The Labute approximate surface area is 635 Å². The number of rotatable bonds is 7. The first-order valence-corrected chi connectivity index (χ1v) is 38.3. The van der Waals surface area contributed by atoms with Crippen LogP contribution in [0.25, 0.3) is 88.4 Å². The predicted octanol–water partition coefficient (Wildman–Crippen LogP) is 25.9. The summed E-state index contributed by atoms with van der Waals surface area (Å²) in [5.74, 6) is 1.54. The van der Waals surface area contributed by atoms with E-state index in [-0.39, 0.29) is 28.4 Å². The van der Waals surface area contributed by atoms with Crippen LogP contribution in [0.1, 0.15) is 159 Å². The summed E-state index contributed by atoms with van der Waals surface area (Å²) < 4.78 is 34.8. The van der Waals surface area contributed by atoms with Crippen molar-refractivity contribution in [3.8, 4) is 56.3 Å². The number of anilines is 6. The molecule has 0 atom stereocenters. The van der Waals surface area contributed by atoms with Crippen LogP contribution in [0.5, 0.6) is 11.5 Å². The van der Waals surface area contributed by atoms with Gasteiger partial charge in [-0.3, -0.25) is 0 Å². The molecule has 13 aromatic carbocycles. The van der Waals surface area contributed by atoms with Gasteiger partial charge in [0.2, 0.25) is 0 Å². The molecule has 0 saturated carbocycles. The lowest BCUT2D eigenvalue weighted by Gasteiger charge is -2.43. The quantitative estimate of drug-likeness (QED) is 0.149. The van der Waals surface area contributed by atoms with Gasteiger partial charge in [-0.25, -0.2) is 0 Å². The molecule has 0 aliphatic carbocycles. The van der Waals surface area contributed by atoms with E-state index in [1.807, 2.05) is 0 Å². The van der Waals surface area contributed by atoms with Crippen molar-refractivity contribution in [1.82, 2.24) is 9.13 Å². The van der Waals surface area contributed by atoms with E-state index in [2.05, 4.69) is 391 Å². The van der Waals surface area contributed by atoms with Crippen molar-refractivity contribution >= 4 is 101 Å². The molecular weight excluding hydrogens is 1300 g/mol. The Bertz CT molecular complexity index is 6070. The van der Waals surface area contributed by atoms with Crippen LogP contribution in [0.4, 0.5) is 34.1 Å². The third-order valence-electron chi connectivity index (χ3n) is 23.4. The van der Waals surface area contributed by atoms with Crippen LogP contribution in [0, 0.1) is 0 Å². The van der Waals surface area contributed by atoms with Crippen molar-refractivity contribution in [3.63, 3.8) is 0 Å². The highest BCUT2D eigenvalue weighted by Gasteiger charge is 2.45. The molecule has 0 amide bonds. The van der Waals surface area contributed by atoms with E-state index in [4.69, 9.17) is 4.74 Å². The highest BCUT2D eigenvalue weighted by Crippen LogP contribution is 2.56. The first-order chi connectivity index (χ1) is 51.8. The van der Waals surface area contributed by atoms with Gasteiger partial charge in [0.25, 0.3) is 6.71 Å². The molecular formula is C101H95BN4O. The van der Waals surface area contributed by atoms with Crippen LogP contribution in [0.3, 0.4) is 0 Å². The van der Waals surface area contributed by atoms with Crippen molar-refractivity contribution in [2.24, 2.45) is 0 Å². The lowest BCUT2D eigenvalue weighted by molar-refractivity contribution is 0.487. The maximum absolute atomic E-state index is 11.0. The van der Waals surface area contributed by atoms with Crippen molar-refractivity contribution in [2.75, 3.05) is 9.80 Å². The zero-order chi connectivity index (χ0) is 76.1. The Hall–Kier alpha value is -11.1. The first-order valence-electron chi connectivity index (χ1n) is 39.3. The van der Waals surface area contributed by atoms with E-state index in [1.54, 1.807) is 0 Å². The fraction of sp³-hybridized carbons (Fsp3) is 0.228. The second kappa shape index (κ2) is 24.0. The summed E-state index contributed by atoms with van der Waals surface area (Å²) in [5, 5.41) is 4.88. The third-order valence-corrected chi connectivity index (χ3v) is 23.4. The Morgan fingerprint density at radius 2 is 0.757 bits per heavy atom. The molecule has 0 radical (unpaired) electrons. The number of benzene rings is 13. The second-order valence-electron chi connectivity index (χ2n) is 36.1. The zero-order valence-corrected chi connectivity index (χ0v) is 65.0. The van der Waals surface area contributed by atoms with Gasteiger partial charge < -0.3 is 23.7 Å². The standard InChI is InChI=1S/C101H95BN4O/c1-96(2,3)66-38-47-84-76(54-66)77-55-67(97(4,5)6)39-48-85(77)104(84)72-42-44-82-90(60-72)106(95-74(62-29-21-18-22-30-62)58-70(100(13,14)15)59-75(95)63-31-23-19-24-32-63)91-52-65(64-37-46-89-81(51-64)101(16,17)80-35-27-28-36-88(80)103(89)71-33-25-20-26-34-71)53-93-94(91)102(82)83-45-43-73(61-92(83)107-93)105-86-49-40-68(98(7,8)9)56-78(86)79-57-69(99(10,11)12)41-50-87(79)105/h18-61H,1-17H3/i58D,59D. The SMILES string of the molecule is [2H]c1c(-c2ccccc2)c(N2c3cc(-n4c5ccc(C(C)(C)C)cc5c5cc(C(C)(C)C)ccc54)ccc3B3c4ccc(-n5c6ccc(C(C)(C)C)cc6c6cc(C(C)(C)C)ccc65)cc4Oc4cc(-c5ccc6c(c5)C(C)(C)c5ccccc5N6c5ccccc5)cc2c43)c(-c2ccccc2)c([2H])c1C(C)(C)C. The predicted molar refractivity (Wildman–Crippen MR) is 458 cm³/mol. The summed E-state index contributed by atoms with van der Waals surface area (Å²) in [6.45, 7) is 38.5. The molecule has 2 aromatic heterocycles. The average Bonchev–Trinajstić information content (AvgIpc) is 1.10. The van der Waals surface area contributed by atoms with Crippen LogP contribution >= 0.6 is 0 Å². The molecule has 5 nitrogen and oxygen atoms in total. The molecule has 6 heteroatoms. The first kappa shape index (κ1) is 65.4. The summed E-state index contributed by atoms with van der Waals surface area (Å²) in [4.78, 5) is 4.90. The third kappa shape index (κ3) is 11.0. The monoisotopic (exact) mass is 1390 g/mol. The minimum atomic E-state index is -0.593. The molecule has 528 valence electrons. The number of nitrogens with zero attached hydrogens (tertiary/aromatic N) is 4. The van der Waals surface area contributed by atoms with Crippen molar-refractivity contribution in [2.45, 2.75) is 150 Å². The topological polar surface area (TPSA) is 25.6 Å². The van der Waals surface area contributed by atoms with Gasteiger partial charge in [0.1, 0.15) is 11.5 Å². The average molecular weight is 1390 g/mol. The van der Waals surface area contributed by atoms with Crippen molar-refractivity contribution < 1.29 is 7.48 Å². The van der Waals surface area contributed by atoms with E-state index in [0.29, 0.717) is 17.6 Å². The minimum absolute atomic E-state index is 0.0598. The van der Waals surface area contributed by atoms with Crippen LogP contribution < -0.4 is 30.9 Å². The Morgan fingerprint density at radius 1 is 0.318 bits per heavy atom. The fourth-order valence-electron chi connectivity index (χ4n) is 17.4. The molecule has 3 aliphatic heterocycles. The zero-order valence-electron chi connectivity index (χ0n) is 67.0. The molecule has 3 aliphatic rings. The van der Waals surface area contributed by atoms with Gasteiger partial charge in [-0.1, -0.05) is 257 Å². The van der Waals surface area contributed by atoms with Crippen LogP contribution in [-0.2, 0) is 32.5 Å². The maximum Gasteiger partial charge on any atom is 0.256 e. The number of hydrogen-bond acceptors (Lipinski definition) is 3. The minimum Gasteiger partial charge on any atom is -0.458 e.